The van der Waals surface area contributed by atoms with E-state index in [2.05, 4.69) is 6.58 Å². The van der Waals surface area contributed by atoms with Crippen LogP contribution in [-0.4, -0.2) is 63.1 Å². The fourth-order valence-corrected chi connectivity index (χ4v) is 4.42. The molecule has 0 aliphatic carbocycles. The highest BCUT2D eigenvalue weighted by molar-refractivity contribution is 5.91. The number of fused-ring (bicyclic) bond motifs is 3. The summed E-state index contributed by atoms with van der Waals surface area (Å²) in [6.07, 6.45) is -2.64. The van der Waals surface area contributed by atoms with Gasteiger partial charge in [-0.2, -0.15) is 0 Å². The molecule has 0 unspecified atom stereocenters. The SMILES string of the molecule is C=C1C(=O)O[C@H]2[C@H]1[C@@H](O)[C@]1(O)O[C@@H](C[C@H]1C)C[C@](C)(O)[C@@H]2OC(=O)/C(C)=C\C. The summed E-state index contributed by atoms with van der Waals surface area (Å²) in [5.74, 6) is -4.94. The summed E-state index contributed by atoms with van der Waals surface area (Å²) in [5, 5.41) is 33.2. The van der Waals surface area contributed by atoms with Gasteiger partial charge in [0.05, 0.1) is 12.0 Å². The molecule has 3 aliphatic heterocycles. The molecular formula is C20H28O8. The van der Waals surface area contributed by atoms with E-state index in [1.54, 1.807) is 26.8 Å². The van der Waals surface area contributed by atoms with Gasteiger partial charge < -0.3 is 29.5 Å². The molecule has 3 fully saturated rings. The number of carbonyl (C=O) groups excluding carboxylic acids is 2. The van der Waals surface area contributed by atoms with Gasteiger partial charge >= 0.3 is 11.9 Å². The molecular weight excluding hydrogens is 368 g/mol. The van der Waals surface area contributed by atoms with Gasteiger partial charge in [0.25, 0.3) is 0 Å². The molecule has 8 nitrogen and oxygen atoms in total. The topological polar surface area (TPSA) is 123 Å². The zero-order valence-corrected chi connectivity index (χ0v) is 16.5. The molecule has 3 saturated heterocycles. The maximum Gasteiger partial charge on any atom is 0.334 e. The normalized spacial score (nSPS) is 46.3. The van der Waals surface area contributed by atoms with Crippen LogP contribution in [-0.2, 0) is 23.8 Å². The minimum absolute atomic E-state index is 0.0203. The molecule has 0 aromatic carbocycles. The van der Waals surface area contributed by atoms with E-state index in [1.165, 1.54) is 6.92 Å². The monoisotopic (exact) mass is 396 g/mol. The van der Waals surface area contributed by atoms with E-state index >= 15 is 0 Å². The lowest BCUT2D eigenvalue weighted by Gasteiger charge is -2.39. The van der Waals surface area contributed by atoms with Crippen molar-refractivity contribution in [2.75, 3.05) is 0 Å². The Balaban J connectivity index is 2.08. The van der Waals surface area contributed by atoms with Gasteiger partial charge in [-0.05, 0) is 27.2 Å². The van der Waals surface area contributed by atoms with E-state index in [-0.39, 0.29) is 12.0 Å². The third-order valence-electron chi connectivity index (χ3n) is 6.24. The van der Waals surface area contributed by atoms with Crippen molar-refractivity contribution in [3.63, 3.8) is 0 Å². The molecule has 0 saturated carbocycles. The fourth-order valence-electron chi connectivity index (χ4n) is 4.42. The van der Waals surface area contributed by atoms with Gasteiger partial charge in [-0.15, -0.1) is 0 Å². The highest BCUT2D eigenvalue weighted by atomic mass is 16.7. The lowest BCUT2D eigenvalue weighted by atomic mass is 9.75. The Morgan fingerprint density at radius 3 is 2.64 bits per heavy atom. The van der Waals surface area contributed by atoms with E-state index < -0.39 is 59.6 Å². The Labute approximate surface area is 163 Å². The first-order valence-electron chi connectivity index (χ1n) is 9.46. The molecule has 0 spiro atoms. The first kappa shape index (κ1) is 21.0. The van der Waals surface area contributed by atoms with Crippen molar-refractivity contribution in [2.45, 2.75) is 76.3 Å². The van der Waals surface area contributed by atoms with Gasteiger partial charge in [0, 0.05) is 23.5 Å². The van der Waals surface area contributed by atoms with E-state index in [9.17, 15) is 24.9 Å². The molecule has 3 aliphatic rings. The number of hydrogen-bond acceptors (Lipinski definition) is 8. The Bertz CT molecular complexity index is 726. The van der Waals surface area contributed by atoms with Gasteiger partial charge in [-0.25, -0.2) is 9.59 Å². The largest absolute Gasteiger partial charge is 0.454 e. The van der Waals surface area contributed by atoms with Gasteiger partial charge in [0.15, 0.2) is 18.0 Å². The average molecular weight is 396 g/mol. The second kappa shape index (κ2) is 6.95. The standard InChI is InChI=1S/C20H28O8/c1-6-9(2)17(22)27-16-14-13(11(4)18(23)26-14)15(21)20(25)10(3)7-12(28-20)8-19(16,5)24/h6,10,12-16,21,24-25H,4,7-8H2,1-3,5H3/b9-6-/t10-,12+,13+,14+,15-,16-,19+,20-/m1/s1. The summed E-state index contributed by atoms with van der Waals surface area (Å²) in [7, 11) is 0. The summed E-state index contributed by atoms with van der Waals surface area (Å²) < 4.78 is 16.6. The maximum absolute atomic E-state index is 12.4. The zero-order chi connectivity index (χ0) is 21.0. The van der Waals surface area contributed by atoms with Crippen molar-refractivity contribution < 1.29 is 39.1 Å². The Morgan fingerprint density at radius 1 is 1.39 bits per heavy atom. The molecule has 0 aromatic rings. The van der Waals surface area contributed by atoms with Crippen LogP contribution in [0.15, 0.2) is 23.8 Å². The average Bonchev–Trinajstić information content (AvgIpc) is 3.06. The highest BCUT2D eigenvalue weighted by Gasteiger charge is 2.63. The molecule has 0 aromatic heterocycles. The van der Waals surface area contributed by atoms with Crippen molar-refractivity contribution in [2.24, 2.45) is 11.8 Å². The third kappa shape index (κ3) is 3.18. The van der Waals surface area contributed by atoms with Crippen LogP contribution in [0.5, 0.6) is 0 Å². The predicted octanol–water partition coefficient (Wildman–Crippen LogP) is 0.591. The molecule has 3 heterocycles. The van der Waals surface area contributed by atoms with Crippen molar-refractivity contribution in [1.29, 1.82) is 0 Å². The van der Waals surface area contributed by atoms with Gasteiger partial charge in [0.2, 0.25) is 0 Å². The first-order valence-corrected chi connectivity index (χ1v) is 9.46. The molecule has 0 amide bonds. The minimum Gasteiger partial charge on any atom is -0.454 e. The summed E-state index contributed by atoms with van der Waals surface area (Å²) >= 11 is 0. The van der Waals surface area contributed by atoms with Crippen LogP contribution in [0.4, 0.5) is 0 Å². The van der Waals surface area contributed by atoms with Gasteiger partial charge in [-0.1, -0.05) is 19.6 Å². The van der Waals surface area contributed by atoms with Crippen LogP contribution < -0.4 is 0 Å². The molecule has 0 radical (unpaired) electrons. The fraction of sp³-hybridized carbons (Fsp3) is 0.700. The number of allylic oxidation sites excluding steroid dienone is 1. The van der Waals surface area contributed by atoms with Gasteiger partial charge in [-0.3, -0.25) is 0 Å². The number of ether oxygens (including phenoxy) is 3. The maximum atomic E-state index is 12.4. The molecule has 28 heavy (non-hydrogen) atoms. The summed E-state index contributed by atoms with van der Waals surface area (Å²) in [5.41, 5.74) is -1.38. The second-order valence-corrected chi connectivity index (χ2v) is 8.35. The lowest BCUT2D eigenvalue weighted by Crippen LogP contribution is -2.57. The van der Waals surface area contributed by atoms with Crippen molar-refractivity contribution in [3.8, 4) is 0 Å². The summed E-state index contributed by atoms with van der Waals surface area (Å²) in [6.45, 7) is 10.1. The van der Waals surface area contributed by atoms with E-state index in [1.807, 2.05) is 0 Å². The number of aliphatic hydroxyl groups is 3. The molecule has 3 rings (SSSR count). The van der Waals surface area contributed by atoms with E-state index in [0.717, 1.165) is 0 Å². The van der Waals surface area contributed by atoms with Crippen LogP contribution >= 0.6 is 0 Å². The third-order valence-corrected chi connectivity index (χ3v) is 6.24. The summed E-state index contributed by atoms with van der Waals surface area (Å²) in [4.78, 5) is 24.6. The predicted molar refractivity (Wildman–Crippen MR) is 96.7 cm³/mol. The lowest BCUT2D eigenvalue weighted by molar-refractivity contribution is -0.272. The number of hydrogen-bond donors (Lipinski definition) is 3. The number of esters is 2. The van der Waals surface area contributed by atoms with Crippen LogP contribution in [0, 0.1) is 11.8 Å². The number of aliphatic hydroxyl groups excluding tert-OH is 1. The van der Waals surface area contributed by atoms with Crippen LogP contribution in [0.2, 0.25) is 0 Å². The molecule has 2 bridgehead atoms. The zero-order valence-electron chi connectivity index (χ0n) is 16.5. The van der Waals surface area contributed by atoms with E-state index in [0.29, 0.717) is 12.0 Å². The van der Waals surface area contributed by atoms with E-state index in [4.69, 9.17) is 14.2 Å². The number of carbonyl (C=O) groups is 2. The Morgan fingerprint density at radius 2 is 2.04 bits per heavy atom. The van der Waals surface area contributed by atoms with Crippen LogP contribution in [0.3, 0.4) is 0 Å². The Hall–Kier alpha value is -1.74. The first-order chi connectivity index (χ1) is 12.9. The summed E-state index contributed by atoms with van der Waals surface area (Å²) in [6, 6.07) is 0. The Kier molecular flexibility index (Phi) is 5.21. The van der Waals surface area contributed by atoms with Crippen LogP contribution in [0.25, 0.3) is 0 Å². The quantitative estimate of drug-likeness (QED) is 0.458. The molecule has 8 atom stereocenters. The van der Waals surface area contributed by atoms with Crippen molar-refractivity contribution in [1.82, 2.24) is 0 Å². The molecule has 8 heteroatoms. The highest BCUT2D eigenvalue weighted by Crippen LogP contribution is 2.48. The van der Waals surface area contributed by atoms with Gasteiger partial charge in [0.1, 0.15) is 11.7 Å². The van der Waals surface area contributed by atoms with Crippen molar-refractivity contribution in [3.05, 3.63) is 23.8 Å². The smallest absolute Gasteiger partial charge is 0.334 e. The number of rotatable bonds is 2. The molecule has 156 valence electrons. The molecule has 3 N–H and O–H groups in total. The van der Waals surface area contributed by atoms with Crippen molar-refractivity contribution >= 4 is 11.9 Å². The van der Waals surface area contributed by atoms with Crippen LogP contribution in [0.1, 0.15) is 40.5 Å². The minimum atomic E-state index is -1.93. The second-order valence-electron chi connectivity index (χ2n) is 8.35.